The van der Waals surface area contributed by atoms with E-state index in [9.17, 15) is 8.42 Å². The Labute approximate surface area is 149 Å². The highest BCUT2D eigenvalue weighted by atomic mass is 32.2. The third-order valence-electron chi connectivity index (χ3n) is 4.25. The van der Waals surface area contributed by atoms with Gasteiger partial charge in [-0.25, -0.2) is 18.1 Å². The normalized spacial score (nSPS) is 18.5. The van der Waals surface area contributed by atoms with Crippen LogP contribution in [0.4, 0.5) is 0 Å². The third kappa shape index (κ3) is 5.31. The molecular formula is C18H26N4O2S. The number of nitrogens with one attached hydrogen (secondary N) is 3. The van der Waals surface area contributed by atoms with Crippen molar-refractivity contribution >= 4 is 16.0 Å². The summed E-state index contributed by atoms with van der Waals surface area (Å²) in [5, 5.41) is 6.67. The van der Waals surface area contributed by atoms with E-state index < -0.39 is 10.0 Å². The molecule has 1 fully saturated rings. The predicted octanol–water partition coefficient (Wildman–Crippen LogP) is 1.90. The van der Waals surface area contributed by atoms with Crippen LogP contribution in [0.25, 0.3) is 0 Å². The van der Waals surface area contributed by atoms with Gasteiger partial charge in [0.2, 0.25) is 10.0 Å². The highest BCUT2D eigenvalue weighted by Crippen LogP contribution is 2.22. The number of guanidine groups is 1. The quantitative estimate of drug-likeness (QED) is 0.393. The van der Waals surface area contributed by atoms with Crippen LogP contribution in [0.3, 0.4) is 0 Å². The van der Waals surface area contributed by atoms with Crippen LogP contribution >= 0.6 is 0 Å². The van der Waals surface area contributed by atoms with Gasteiger partial charge in [0.25, 0.3) is 0 Å². The second-order valence-corrected chi connectivity index (χ2v) is 8.23. The molecule has 3 N–H and O–H groups in total. The van der Waals surface area contributed by atoms with Crippen LogP contribution in [0, 0.1) is 0 Å². The maximum Gasteiger partial charge on any atom is 0.240 e. The van der Waals surface area contributed by atoms with Gasteiger partial charge in [-0.15, -0.1) is 0 Å². The lowest BCUT2D eigenvalue weighted by Gasteiger charge is -2.16. The van der Waals surface area contributed by atoms with E-state index in [0.29, 0.717) is 17.5 Å². The summed E-state index contributed by atoms with van der Waals surface area (Å²) < 4.78 is 27.0. The first-order valence-corrected chi connectivity index (χ1v) is 10.4. The van der Waals surface area contributed by atoms with E-state index in [1.807, 2.05) is 19.1 Å². The molecule has 1 saturated carbocycles. The van der Waals surface area contributed by atoms with Crippen LogP contribution in [0.2, 0.25) is 0 Å². The first-order valence-electron chi connectivity index (χ1n) is 8.88. The second kappa shape index (κ2) is 8.01. The summed E-state index contributed by atoms with van der Waals surface area (Å²) in [5.74, 6) is 0.795. The lowest BCUT2D eigenvalue weighted by molar-refractivity contribution is 0.581. The molecule has 1 aromatic rings. The monoisotopic (exact) mass is 362 g/mol. The zero-order valence-electron chi connectivity index (χ0n) is 14.5. The minimum Gasteiger partial charge on any atom is -0.357 e. The fourth-order valence-electron chi connectivity index (χ4n) is 2.68. The Balaban J connectivity index is 1.60. The van der Waals surface area contributed by atoms with E-state index in [1.54, 1.807) is 12.1 Å². The van der Waals surface area contributed by atoms with Crippen molar-refractivity contribution in [1.82, 2.24) is 15.4 Å². The van der Waals surface area contributed by atoms with Gasteiger partial charge in [-0.3, -0.25) is 0 Å². The number of rotatable bonds is 7. The van der Waals surface area contributed by atoms with Gasteiger partial charge in [0.15, 0.2) is 5.96 Å². The lowest BCUT2D eigenvalue weighted by atomic mass is 10.2. The molecule has 0 heterocycles. The van der Waals surface area contributed by atoms with Crippen LogP contribution in [0.5, 0.6) is 0 Å². The van der Waals surface area contributed by atoms with Crippen molar-refractivity contribution in [3.63, 3.8) is 0 Å². The number of aliphatic imine (C=N–C) groups is 1. The molecule has 2 aliphatic rings. The summed E-state index contributed by atoms with van der Waals surface area (Å²) >= 11 is 0. The summed E-state index contributed by atoms with van der Waals surface area (Å²) in [6, 6.07) is 7.47. The van der Waals surface area contributed by atoms with E-state index in [1.165, 1.54) is 0 Å². The number of hydrogen-bond acceptors (Lipinski definition) is 3. The topological polar surface area (TPSA) is 82.6 Å². The molecule has 1 aromatic carbocycles. The maximum absolute atomic E-state index is 12.2. The van der Waals surface area contributed by atoms with E-state index in [-0.39, 0.29) is 6.04 Å². The Kier molecular flexibility index (Phi) is 5.75. The number of nitrogens with zero attached hydrogens (tertiary/aromatic N) is 1. The Morgan fingerprint density at radius 3 is 2.40 bits per heavy atom. The molecule has 0 aliphatic heterocycles. The smallest absolute Gasteiger partial charge is 0.240 e. The first-order chi connectivity index (χ1) is 12.1. The van der Waals surface area contributed by atoms with Gasteiger partial charge < -0.3 is 10.6 Å². The summed E-state index contributed by atoms with van der Waals surface area (Å²) in [7, 11) is -3.39. The molecule has 0 unspecified atom stereocenters. The molecule has 0 amide bonds. The maximum atomic E-state index is 12.2. The number of hydrogen-bond donors (Lipinski definition) is 3. The number of benzene rings is 1. The molecule has 0 bridgehead atoms. The zero-order valence-corrected chi connectivity index (χ0v) is 15.3. The highest BCUT2D eigenvalue weighted by molar-refractivity contribution is 7.89. The van der Waals surface area contributed by atoms with Gasteiger partial charge in [0.05, 0.1) is 11.4 Å². The molecule has 0 radical (unpaired) electrons. The van der Waals surface area contributed by atoms with Gasteiger partial charge in [-0.05, 0) is 50.3 Å². The molecule has 0 spiro atoms. The molecule has 0 aromatic heterocycles. The first kappa shape index (κ1) is 17.9. The highest BCUT2D eigenvalue weighted by Gasteiger charge is 2.27. The summed E-state index contributed by atoms with van der Waals surface area (Å²) in [5.41, 5.74) is 0.979. The van der Waals surface area contributed by atoms with E-state index in [2.05, 4.69) is 32.5 Å². The Morgan fingerprint density at radius 2 is 1.80 bits per heavy atom. The second-order valence-electron chi connectivity index (χ2n) is 6.52. The van der Waals surface area contributed by atoms with Crippen molar-refractivity contribution in [2.45, 2.75) is 56.1 Å². The molecule has 7 heteroatoms. The van der Waals surface area contributed by atoms with Crippen molar-refractivity contribution in [1.29, 1.82) is 0 Å². The van der Waals surface area contributed by atoms with Crippen molar-refractivity contribution < 1.29 is 8.42 Å². The third-order valence-corrected chi connectivity index (χ3v) is 5.78. The van der Waals surface area contributed by atoms with Crippen LogP contribution < -0.4 is 15.4 Å². The molecule has 2 aliphatic carbocycles. The molecule has 6 nitrogen and oxygen atoms in total. The fraction of sp³-hybridized carbons (Fsp3) is 0.500. The average Bonchev–Trinajstić information content (AvgIpc) is 3.24. The summed E-state index contributed by atoms with van der Waals surface area (Å²) in [6.07, 6.45) is 8.26. The molecule has 25 heavy (non-hydrogen) atoms. The van der Waals surface area contributed by atoms with Gasteiger partial charge >= 0.3 is 0 Å². The minimum absolute atomic E-state index is 0.119. The molecule has 136 valence electrons. The van der Waals surface area contributed by atoms with Gasteiger partial charge in [0, 0.05) is 18.6 Å². The van der Waals surface area contributed by atoms with Crippen molar-refractivity contribution in [3.8, 4) is 0 Å². The zero-order chi connectivity index (χ0) is 17.7. The fourth-order valence-corrected chi connectivity index (χ4v) is 3.99. The van der Waals surface area contributed by atoms with Crippen LogP contribution in [0.1, 0.15) is 38.2 Å². The van der Waals surface area contributed by atoms with Gasteiger partial charge in [-0.1, -0.05) is 24.3 Å². The van der Waals surface area contributed by atoms with Crippen molar-refractivity contribution in [3.05, 3.63) is 42.0 Å². The standard InChI is InChI=1S/C18H26N4O2S/c1-2-19-18(21-15-5-3-4-6-15)20-13-14-7-11-17(12-8-14)25(23,24)22-16-9-10-16/h3-4,7-8,11-12,15-16,22H,2,5-6,9-10,13H2,1H3,(H2,19,20,21). The Bertz CT molecular complexity index is 729. The predicted molar refractivity (Wildman–Crippen MR) is 99.9 cm³/mol. The largest absolute Gasteiger partial charge is 0.357 e. The summed E-state index contributed by atoms with van der Waals surface area (Å²) in [6.45, 7) is 3.35. The van der Waals surface area contributed by atoms with Crippen molar-refractivity contribution in [2.75, 3.05) is 6.54 Å². The van der Waals surface area contributed by atoms with E-state index in [0.717, 1.165) is 43.8 Å². The molecule has 0 atom stereocenters. The molecule has 3 rings (SSSR count). The molecular weight excluding hydrogens is 336 g/mol. The average molecular weight is 362 g/mol. The van der Waals surface area contributed by atoms with E-state index in [4.69, 9.17) is 0 Å². The van der Waals surface area contributed by atoms with Crippen molar-refractivity contribution in [2.24, 2.45) is 4.99 Å². The Morgan fingerprint density at radius 1 is 1.12 bits per heavy atom. The van der Waals surface area contributed by atoms with Crippen LogP contribution in [-0.4, -0.2) is 33.0 Å². The molecule has 0 saturated heterocycles. The number of sulfonamides is 1. The van der Waals surface area contributed by atoms with E-state index >= 15 is 0 Å². The van der Waals surface area contributed by atoms with Crippen LogP contribution in [0.15, 0.2) is 46.3 Å². The minimum atomic E-state index is -3.39. The van der Waals surface area contributed by atoms with Crippen LogP contribution in [-0.2, 0) is 16.6 Å². The van der Waals surface area contributed by atoms with Gasteiger partial charge in [0.1, 0.15) is 0 Å². The summed E-state index contributed by atoms with van der Waals surface area (Å²) in [4.78, 5) is 4.91. The SMILES string of the molecule is CCNC(=NCc1ccc(S(=O)(=O)NC2CC2)cc1)NC1CC=CC1. The van der Waals surface area contributed by atoms with Gasteiger partial charge in [-0.2, -0.15) is 0 Å². The lowest BCUT2D eigenvalue weighted by Crippen LogP contribution is -2.42. The Hall–Kier alpha value is -1.86.